The molecule has 2 atom stereocenters. The van der Waals surface area contributed by atoms with Gasteiger partial charge in [-0.2, -0.15) is 0 Å². The zero-order chi connectivity index (χ0) is 15.5. The van der Waals surface area contributed by atoms with Crippen molar-refractivity contribution in [1.82, 2.24) is 10.6 Å². The number of nitrogens with one attached hydrogen (secondary N) is 3. The number of hydrogen-bond acceptors (Lipinski definition) is 2. The normalized spacial score (nSPS) is 20.7. The highest BCUT2D eigenvalue weighted by Crippen LogP contribution is 2.44. The van der Waals surface area contributed by atoms with E-state index in [4.69, 9.17) is 0 Å². The summed E-state index contributed by atoms with van der Waals surface area (Å²) in [5.74, 6) is 0. The molecule has 4 nitrogen and oxygen atoms in total. The predicted octanol–water partition coefficient (Wildman–Crippen LogP) is 3.67. The minimum absolute atomic E-state index is 0.114. The van der Waals surface area contributed by atoms with Gasteiger partial charge in [-0.3, -0.25) is 0 Å². The van der Waals surface area contributed by atoms with E-state index in [2.05, 4.69) is 49.7 Å². The zero-order valence-electron chi connectivity index (χ0n) is 13.5. The van der Waals surface area contributed by atoms with Gasteiger partial charge >= 0.3 is 6.03 Å². The lowest BCUT2D eigenvalue weighted by atomic mass is 10.1. The molecule has 2 unspecified atom stereocenters. The summed E-state index contributed by atoms with van der Waals surface area (Å²) in [6, 6.07) is 8.50. The van der Waals surface area contributed by atoms with Gasteiger partial charge in [0.05, 0.1) is 0 Å². The Kier molecular flexibility index (Phi) is 4.88. The molecule has 0 spiro atoms. The van der Waals surface area contributed by atoms with E-state index < -0.39 is 0 Å². The van der Waals surface area contributed by atoms with Gasteiger partial charge in [-0.25, -0.2) is 4.79 Å². The van der Waals surface area contributed by atoms with Gasteiger partial charge in [-0.1, -0.05) is 32.9 Å². The maximum absolute atomic E-state index is 12.0. The molecule has 3 N–H and O–H groups in total. The quantitative estimate of drug-likeness (QED) is 0.748. The molecule has 0 aromatic heterocycles. The number of amides is 2. The Morgan fingerprint density at radius 3 is 2.76 bits per heavy atom. The molecular formula is C17H27N3O. The van der Waals surface area contributed by atoms with E-state index in [0.717, 1.165) is 25.1 Å². The fourth-order valence-electron chi connectivity index (χ4n) is 2.40. The minimum Gasteiger partial charge on any atom is -0.335 e. The van der Waals surface area contributed by atoms with Gasteiger partial charge in [0, 0.05) is 17.8 Å². The van der Waals surface area contributed by atoms with Crippen LogP contribution in [0.4, 0.5) is 10.5 Å². The SMILES string of the molecule is CCCNC(C)c1cccc(NC(=O)NC2CC2(C)C)c1. The van der Waals surface area contributed by atoms with Gasteiger partial charge in [0.1, 0.15) is 0 Å². The van der Waals surface area contributed by atoms with Crippen LogP contribution in [-0.2, 0) is 0 Å². The van der Waals surface area contributed by atoms with Gasteiger partial charge in [0.2, 0.25) is 0 Å². The first-order chi connectivity index (χ1) is 9.92. The Balaban J connectivity index is 1.90. The molecule has 1 aliphatic rings. The number of benzene rings is 1. The molecule has 4 heteroatoms. The molecule has 1 fully saturated rings. The first-order valence-electron chi connectivity index (χ1n) is 7.83. The first-order valence-corrected chi connectivity index (χ1v) is 7.83. The summed E-state index contributed by atoms with van der Waals surface area (Å²) in [5, 5.41) is 9.39. The van der Waals surface area contributed by atoms with Gasteiger partial charge in [-0.05, 0) is 49.4 Å². The second kappa shape index (κ2) is 6.48. The van der Waals surface area contributed by atoms with Crippen molar-refractivity contribution >= 4 is 11.7 Å². The standard InChI is InChI=1S/C17H27N3O/c1-5-9-18-12(2)13-7-6-8-14(10-13)19-16(21)20-15-11-17(15,3)4/h6-8,10,12,15,18H,5,9,11H2,1-4H3,(H2,19,20,21). The molecule has 0 bridgehead atoms. The van der Waals surface area contributed by atoms with Crippen molar-refractivity contribution in [3.63, 3.8) is 0 Å². The average molecular weight is 289 g/mol. The van der Waals surface area contributed by atoms with Crippen LogP contribution in [0.15, 0.2) is 24.3 Å². The van der Waals surface area contributed by atoms with Crippen LogP contribution >= 0.6 is 0 Å². The average Bonchev–Trinajstić information content (AvgIpc) is 3.02. The van der Waals surface area contributed by atoms with Crippen LogP contribution in [-0.4, -0.2) is 18.6 Å². The van der Waals surface area contributed by atoms with Gasteiger partial charge in [0.15, 0.2) is 0 Å². The minimum atomic E-state index is -0.114. The third kappa shape index (κ3) is 4.46. The summed E-state index contributed by atoms with van der Waals surface area (Å²) < 4.78 is 0. The lowest BCUT2D eigenvalue weighted by molar-refractivity contribution is 0.250. The summed E-state index contributed by atoms with van der Waals surface area (Å²) in [4.78, 5) is 12.0. The lowest BCUT2D eigenvalue weighted by Crippen LogP contribution is -2.32. The van der Waals surface area contributed by atoms with E-state index in [0.29, 0.717) is 6.04 Å². The van der Waals surface area contributed by atoms with Gasteiger partial charge in [0.25, 0.3) is 0 Å². The third-order valence-corrected chi connectivity index (χ3v) is 4.16. The van der Waals surface area contributed by atoms with Crippen LogP contribution in [0.3, 0.4) is 0 Å². The highest BCUT2D eigenvalue weighted by Gasteiger charge is 2.46. The van der Waals surface area contributed by atoms with Crippen molar-refractivity contribution in [2.24, 2.45) is 5.41 Å². The summed E-state index contributed by atoms with van der Waals surface area (Å²) in [6.45, 7) is 9.62. The first kappa shape index (κ1) is 15.8. The Labute approximate surface area is 127 Å². The Hall–Kier alpha value is -1.55. The van der Waals surface area contributed by atoms with Crippen molar-refractivity contribution in [1.29, 1.82) is 0 Å². The second-order valence-electron chi connectivity index (χ2n) is 6.65. The molecule has 2 rings (SSSR count). The summed E-state index contributed by atoms with van der Waals surface area (Å²) in [7, 11) is 0. The molecule has 1 saturated carbocycles. The molecule has 1 aromatic rings. The van der Waals surface area contributed by atoms with Crippen LogP contribution in [0.2, 0.25) is 0 Å². The number of rotatable bonds is 6. The van der Waals surface area contributed by atoms with Crippen LogP contribution in [0.1, 0.15) is 52.1 Å². The van der Waals surface area contributed by atoms with Crippen molar-refractivity contribution in [3.8, 4) is 0 Å². The maximum atomic E-state index is 12.0. The highest BCUT2D eigenvalue weighted by molar-refractivity contribution is 5.89. The van der Waals surface area contributed by atoms with Crippen molar-refractivity contribution in [2.45, 2.75) is 52.6 Å². The number of carbonyl (C=O) groups excluding carboxylic acids is 1. The van der Waals surface area contributed by atoms with Crippen LogP contribution < -0.4 is 16.0 Å². The summed E-state index contributed by atoms with van der Waals surface area (Å²) in [5.41, 5.74) is 2.28. The predicted molar refractivity (Wildman–Crippen MR) is 87.5 cm³/mol. The summed E-state index contributed by atoms with van der Waals surface area (Å²) >= 11 is 0. The number of carbonyl (C=O) groups is 1. The molecule has 2 amide bonds. The second-order valence-corrected chi connectivity index (χ2v) is 6.65. The lowest BCUT2D eigenvalue weighted by Gasteiger charge is -2.15. The van der Waals surface area contributed by atoms with E-state index in [-0.39, 0.29) is 17.5 Å². The number of hydrogen-bond donors (Lipinski definition) is 3. The molecular weight excluding hydrogens is 262 g/mol. The van der Waals surface area contributed by atoms with E-state index in [9.17, 15) is 4.79 Å². The smallest absolute Gasteiger partial charge is 0.319 e. The van der Waals surface area contributed by atoms with Gasteiger partial charge < -0.3 is 16.0 Å². The number of anilines is 1. The fourth-order valence-corrected chi connectivity index (χ4v) is 2.40. The molecule has 0 aliphatic heterocycles. The molecule has 21 heavy (non-hydrogen) atoms. The van der Waals surface area contributed by atoms with Crippen LogP contribution in [0.5, 0.6) is 0 Å². The zero-order valence-corrected chi connectivity index (χ0v) is 13.5. The Morgan fingerprint density at radius 1 is 1.43 bits per heavy atom. The van der Waals surface area contributed by atoms with E-state index in [1.54, 1.807) is 0 Å². The summed E-state index contributed by atoms with van der Waals surface area (Å²) in [6.07, 6.45) is 2.17. The molecule has 116 valence electrons. The molecule has 0 heterocycles. The van der Waals surface area contributed by atoms with E-state index in [1.807, 2.05) is 18.2 Å². The Morgan fingerprint density at radius 2 is 2.14 bits per heavy atom. The largest absolute Gasteiger partial charge is 0.335 e. The number of urea groups is 1. The van der Waals surface area contributed by atoms with Crippen LogP contribution in [0.25, 0.3) is 0 Å². The van der Waals surface area contributed by atoms with Crippen molar-refractivity contribution < 1.29 is 4.79 Å². The maximum Gasteiger partial charge on any atom is 0.319 e. The Bertz CT molecular complexity index is 499. The topological polar surface area (TPSA) is 53.2 Å². The van der Waals surface area contributed by atoms with E-state index in [1.165, 1.54) is 5.56 Å². The van der Waals surface area contributed by atoms with Gasteiger partial charge in [-0.15, -0.1) is 0 Å². The molecule has 0 saturated heterocycles. The molecule has 0 radical (unpaired) electrons. The van der Waals surface area contributed by atoms with Crippen molar-refractivity contribution in [3.05, 3.63) is 29.8 Å². The fraction of sp³-hybridized carbons (Fsp3) is 0.588. The molecule has 1 aromatic carbocycles. The third-order valence-electron chi connectivity index (χ3n) is 4.16. The van der Waals surface area contributed by atoms with E-state index >= 15 is 0 Å². The van der Waals surface area contributed by atoms with Crippen LogP contribution in [0, 0.1) is 5.41 Å². The highest BCUT2D eigenvalue weighted by atomic mass is 16.2. The molecule has 1 aliphatic carbocycles. The monoisotopic (exact) mass is 289 g/mol. The van der Waals surface area contributed by atoms with Crippen molar-refractivity contribution in [2.75, 3.05) is 11.9 Å².